The first-order valence-corrected chi connectivity index (χ1v) is 8.21. The van der Waals surface area contributed by atoms with Crippen molar-refractivity contribution < 1.29 is 0 Å². The highest BCUT2D eigenvalue weighted by Crippen LogP contribution is 2.34. The van der Waals surface area contributed by atoms with E-state index in [0.29, 0.717) is 5.15 Å². The first-order chi connectivity index (χ1) is 9.12. The highest BCUT2D eigenvalue weighted by molar-refractivity contribution is 6.29. The second-order valence-electron chi connectivity index (χ2n) is 5.91. The molecule has 1 N–H and O–H groups in total. The number of rotatable bonds is 10. The summed E-state index contributed by atoms with van der Waals surface area (Å²) in [5.41, 5.74) is 0.163. The highest BCUT2D eigenvalue weighted by Gasteiger charge is 2.28. The molecule has 0 bridgehead atoms. The van der Waals surface area contributed by atoms with Gasteiger partial charge in [-0.1, -0.05) is 77.3 Å². The smallest absolute Gasteiger partial charge is 0.126 e. The van der Waals surface area contributed by atoms with E-state index in [1.54, 1.807) is 6.20 Å². The van der Waals surface area contributed by atoms with Crippen molar-refractivity contribution in [3.63, 3.8) is 0 Å². The molecule has 0 aliphatic rings. The number of hydrogen-bond acceptors (Lipinski definition) is 1. The second kappa shape index (κ2) is 8.63. The number of H-pyrrole nitrogens is 1. The van der Waals surface area contributed by atoms with Crippen LogP contribution in [0.5, 0.6) is 0 Å². The third-order valence-electron chi connectivity index (χ3n) is 4.03. The summed E-state index contributed by atoms with van der Waals surface area (Å²) < 4.78 is 0. The topological polar surface area (TPSA) is 28.7 Å². The van der Waals surface area contributed by atoms with Gasteiger partial charge in [-0.05, 0) is 12.8 Å². The van der Waals surface area contributed by atoms with Gasteiger partial charge in [0.05, 0.1) is 6.20 Å². The molecule has 0 aliphatic carbocycles. The molecule has 19 heavy (non-hydrogen) atoms. The van der Waals surface area contributed by atoms with E-state index in [1.165, 1.54) is 57.8 Å². The summed E-state index contributed by atoms with van der Waals surface area (Å²) in [6.07, 6.45) is 13.2. The van der Waals surface area contributed by atoms with E-state index in [-0.39, 0.29) is 5.41 Å². The monoisotopic (exact) mass is 284 g/mol. The van der Waals surface area contributed by atoms with Gasteiger partial charge in [-0.15, -0.1) is 0 Å². The number of nitrogens with zero attached hydrogens (tertiary/aromatic N) is 1. The molecule has 0 saturated carbocycles. The van der Waals surface area contributed by atoms with Crippen LogP contribution in [0.2, 0.25) is 5.15 Å². The molecule has 0 spiro atoms. The van der Waals surface area contributed by atoms with Gasteiger partial charge in [0.25, 0.3) is 0 Å². The first-order valence-electron chi connectivity index (χ1n) is 7.83. The van der Waals surface area contributed by atoms with Crippen LogP contribution in [0.15, 0.2) is 6.20 Å². The van der Waals surface area contributed by atoms with Gasteiger partial charge < -0.3 is 4.98 Å². The van der Waals surface area contributed by atoms with Crippen LogP contribution in [0.25, 0.3) is 0 Å². The van der Waals surface area contributed by atoms with E-state index >= 15 is 0 Å². The van der Waals surface area contributed by atoms with E-state index in [9.17, 15) is 0 Å². The first kappa shape index (κ1) is 16.6. The fraction of sp³-hybridized carbons (Fsp3) is 0.812. The zero-order valence-corrected chi connectivity index (χ0v) is 13.5. The Hall–Kier alpha value is -0.500. The van der Waals surface area contributed by atoms with Crippen LogP contribution in [0.1, 0.15) is 84.4 Å². The predicted octanol–water partition coefficient (Wildman–Crippen LogP) is 5.87. The van der Waals surface area contributed by atoms with Gasteiger partial charge in [0.15, 0.2) is 0 Å². The van der Waals surface area contributed by atoms with Gasteiger partial charge >= 0.3 is 0 Å². The average Bonchev–Trinajstić information content (AvgIpc) is 2.82. The van der Waals surface area contributed by atoms with Crippen LogP contribution >= 0.6 is 11.6 Å². The third-order valence-corrected chi connectivity index (χ3v) is 4.22. The van der Waals surface area contributed by atoms with Crippen LogP contribution in [-0.4, -0.2) is 9.97 Å². The molecule has 1 aromatic rings. The van der Waals surface area contributed by atoms with Crippen molar-refractivity contribution in [3.8, 4) is 0 Å². The lowest BCUT2D eigenvalue weighted by molar-refractivity contribution is 0.349. The zero-order chi connectivity index (χ0) is 14.1. The fourth-order valence-corrected chi connectivity index (χ4v) is 2.81. The van der Waals surface area contributed by atoms with E-state index < -0.39 is 0 Å². The minimum Gasteiger partial charge on any atom is -0.333 e. The lowest BCUT2D eigenvalue weighted by Crippen LogP contribution is -2.23. The van der Waals surface area contributed by atoms with Crippen molar-refractivity contribution in [3.05, 3.63) is 17.2 Å². The molecule has 1 unspecified atom stereocenters. The van der Waals surface area contributed by atoms with Crippen molar-refractivity contribution in [1.29, 1.82) is 0 Å². The summed E-state index contributed by atoms with van der Waals surface area (Å²) in [4.78, 5) is 7.72. The van der Waals surface area contributed by atoms with Crippen molar-refractivity contribution >= 4 is 11.6 Å². The highest BCUT2D eigenvalue weighted by atomic mass is 35.5. The number of halogens is 1. The lowest BCUT2D eigenvalue weighted by Gasteiger charge is -2.27. The molecule has 3 heteroatoms. The molecular formula is C16H29ClN2. The largest absolute Gasteiger partial charge is 0.333 e. The molecule has 0 fully saturated rings. The van der Waals surface area contributed by atoms with Crippen molar-refractivity contribution in [2.24, 2.45) is 0 Å². The second-order valence-corrected chi connectivity index (χ2v) is 6.32. The summed E-state index contributed by atoms with van der Waals surface area (Å²) in [5.74, 6) is 1.07. The van der Waals surface area contributed by atoms with E-state index in [0.717, 1.165) is 5.82 Å². The molecule has 0 aromatic carbocycles. The van der Waals surface area contributed by atoms with Crippen LogP contribution in [0, 0.1) is 0 Å². The average molecular weight is 285 g/mol. The summed E-state index contributed by atoms with van der Waals surface area (Å²) in [6, 6.07) is 0. The summed E-state index contributed by atoms with van der Waals surface area (Å²) >= 11 is 5.99. The van der Waals surface area contributed by atoms with Gasteiger partial charge in [0.2, 0.25) is 0 Å². The van der Waals surface area contributed by atoms with Crippen LogP contribution < -0.4 is 0 Å². The van der Waals surface area contributed by atoms with Gasteiger partial charge in [-0.3, -0.25) is 0 Å². The number of hydrogen-bond donors (Lipinski definition) is 1. The van der Waals surface area contributed by atoms with E-state index in [1.807, 2.05) is 0 Å². The maximum Gasteiger partial charge on any atom is 0.126 e. The Kier molecular flexibility index (Phi) is 7.52. The Morgan fingerprint density at radius 3 is 2.16 bits per heavy atom. The van der Waals surface area contributed by atoms with Crippen molar-refractivity contribution in [2.75, 3.05) is 0 Å². The van der Waals surface area contributed by atoms with E-state index in [2.05, 4.69) is 30.7 Å². The number of nitrogens with one attached hydrogen (secondary N) is 1. The fourth-order valence-electron chi connectivity index (χ4n) is 2.67. The SMILES string of the molecule is CCCCCCC(C)(CCCCC)c1ncc(Cl)[nH]1. The zero-order valence-electron chi connectivity index (χ0n) is 12.8. The molecule has 110 valence electrons. The Labute approximate surface area is 123 Å². The number of aromatic nitrogens is 2. The molecule has 0 radical (unpaired) electrons. The quantitative estimate of drug-likeness (QED) is 0.535. The minimum absolute atomic E-state index is 0.163. The molecular weight excluding hydrogens is 256 g/mol. The summed E-state index contributed by atoms with van der Waals surface area (Å²) in [7, 11) is 0. The molecule has 1 rings (SSSR count). The number of aromatic amines is 1. The van der Waals surface area contributed by atoms with Crippen LogP contribution in [0.4, 0.5) is 0 Å². The molecule has 1 atom stereocenters. The molecule has 0 aliphatic heterocycles. The number of imidazole rings is 1. The molecule has 0 saturated heterocycles. The standard InChI is InChI=1S/C16H29ClN2/c1-4-6-8-10-12-16(3,11-9-7-5-2)15-18-13-14(17)19-15/h13H,4-12H2,1-3H3,(H,18,19). The molecule has 0 amide bonds. The summed E-state index contributed by atoms with van der Waals surface area (Å²) in [5, 5.41) is 0.658. The maximum absolute atomic E-state index is 5.99. The number of unbranched alkanes of at least 4 members (excludes halogenated alkanes) is 5. The van der Waals surface area contributed by atoms with Gasteiger partial charge in [-0.2, -0.15) is 0 Å². The van der Waals surface area contributed by atoms with Gasteiger partial charge in [-0.25, -0.2) is 4.98 Å². The third kappa shape index (κ3) is 5.56. The molecule has 1 heterocycles. The predicted molar refractivity (Wildman–Crippen MR) is 83.9 cm³/mol. The Morgan fingerprint density at radius 2 is 1.63 bits per heavy atom. The van der Waals surface area contributed by atoms with Gasteiger partial charge in [0, 0.05) is 5.41 Å². The van der Waals surface area contributed by atoms with E-state index in [4.69, 9.17) is 11.6 Å². The summed E-state index contributed by atoms with van der Waals surface area (Å²) in [6.45, 7) is 6.85. The van der Waals surface area contributed by atoms with Crippen molar-refractivity contribution in [2.45, 2.75) is 84.0 Å². The Morgan fingerprint density at radius 1 is 1.05 bits per heavy atom. The Bertz CT molecular complexity index is 348. The van der Waals surface area contributed by atoms with Crippen molar-refractivity contribution in [1.82, 2.24) is 9.97 Å². The molecule has 1 aromatic heterocycles. The van der Waals surface area contributed by atoms with Crippen LogP contribution in [-0.2, 0) is 5.41 Å². The normalized spacial score (nSPS) is 14.5. The lowest BCUT2D eigenvalue weighted by atomic mass is 9.79. The van der Waals surface area contributed by atoms with Crippen LogP contribution in [0.3, 0.4) is 0 Å². The maximum atomic E-state index is 5.99. The van der Waals surface area contributed by atoms with Gasteiger partial charge in [0.1, 0.15) is 11.0 Å². The molecule has 2 nitrogen and oxygen atoms in total. The minimum atomic E-state index is 0.163. The Balaban J connectivity index is 2.60.